The lowest BCUT2D eigenvalue weighted by atomic mass is 10.2. The van der Waals surface area contributed by atoms with E-state index in [1.807, 2.05) is 13.8 Å². The fourth-order valence-electron chi connectivity index (χ4n) is 2.09. The van der Waals surface area contributed by atoms with E-state index >= 15 is 0 Å². The van der Waals surface area contributed by atoms with Crippen LogP contribution in [0.1, 0.15) is 13.8 Å². The highest BCUT2D eigenvalue weighted by Crippen LogP contribution is 2.35. The lowest BCUT2D eigenvalue weighted by Crippen LogP contribution is -2.26. The number of halogens is 3. The molecule has 2 aromatic rings. The zero-order valence-electron chi connectivity index (χ0n) is 13.7. The van der Waals surface area contributed by atoms with Crippen LogP contribution in [0.3, 0.4) is 0 Å². The molecule has 0 bridgehead atoms. The lowest BCUT2D eigenvalue weighted by Gasteiger charge is -2.24. The Kier molecular flexibility index (Phi) is 5.71. The second-order valence-electron chi connectivity index (χ2n) is 5.71. The third-order valence-corrected chi connectivity index (χ3v) is 5.54. The van der Waals surface area contributed by atoms with Gasteiger partial charge in [0.1, 0.15) is 10.7 Å². The molecule has 0 saturated heterocycles. The maximum Gasteiger partial charge on any atom is 0.265 e. The van der Waals surface area contributed by atoms with Crippen molar-refractivity contribution in [2.24, 2.45) is 0 Å². The minimum atomic E-state index is -4.20. The molecule has 136 valence electrons. The van der Waals surface area contributed by atoms with E-state index in [9.17, 15) is 17.9 Å². The summed E-state index contributed by atoms with van der Waals surface area (Å²) >= 11 is 11.5. The van der Waals surface area contributed by atoms with Gasteiger partial charge in [-0.25, -0.2) is 12.8 Å². The summed E-state index contributed by atoms with van der Waals surface area (Å²) in [6.07, 6.45) is 0. The summed E-state index contributed by atoms with van der Waals surface area (Å²) in [5, 5.41) is 9.72. The average molecular weight is 407 g/mol. The van der Waals surface area contributed by atoms with Crippen molar-refractivity contribution in [1.82, 2.24) is 0 Å². The first-order valence-electron chi connectivity index (χ1n) is 7.26. The Morgan fingerprint density at radius 3 is 2.40 bits per heavy atom. The van der Waals surface area contributed by atoms with Gasteiger partial charge in [0.15, 0.2) is 5.75 Å². The Balaban J connectivity index is 2.38. The van der Waals surface area contributed by atoms with Gasteiger partial charge in [-0.05, 0) is 38.1 Å². The van der Waals surface area contributed by atoms with Crippen LogP contribution < -0.4 is 9.62 Å². The summed E-state index contributed by atoms with van der Waals surface area (Å²) in [6, 6.07) is 6.31. The molecule has 2 N–H and O–H groups in total. The summed E-state index contributed by atoms with van der Waals surface area (Å²) in [4.78, 5) is 1.23. The van der Waals surface area contributed by atoms with Crippen LogP contribution in [0.25, 0.3) is 0 Å². The maximum atomic E-state index is 14.3. The van der Waals surface area contributed by atoms with Crippen LogP contribution in [-0.2, 0) is 10.0 Å². The van der Waals surface area contributed by atoms with Gasteiger partial charge < -0.3 is 10.0 Å². The van der Waals surface area contributed by atoms with Crippen molar-refractivity contribution in [1.29, 1.82) is 0 Å². The van der Waals surface area contributed by atoms with Crippen molar-refractivity contribution in [3.8, 4) is 5.75 Å². The second-order valence-corrected chi connectivity index (χ2v) is 8.21. The zero-order chi connectivity index (χ0) is 18.9. The third kappa shape index (κ3) is 4.29. The SMILES string of the molecule is CC(C)N(C)c1ccc(NS(=O)(=O)c2cc(Cl)cc(Cl)c2O)cc1F. The highest BCUT2D eigenvalue weighted by molar-refractivity contribution is 7.92. The molecule has 0 amide bonds. The van der Waals surface area contributed by atoms with Crippen LogP contribution in [0.15, 0.2) is 35.2 Å². The van der Waals surface area contributed by atoms with Crippen molar-refractivity contribution < 1.29 is 17.9 Å². The van der Waals surface area contributed by atoms with E-state index in [-0.39, 0.29) is 21.8 Å². The molecule has 5 nitrogen and oxygen atoms in total. The first-order chi connectivity index (χ1) is 11.5. The number of aromatic hydroxyl groups is 1. The van der Waals surface area contributed by atoms with E-state index in [4.69, 9.17) is 23.2 Å². The van der Waals surface area contributed by atoms with E-state index < -0.39 is 26.5 Å². The van der Waals surface area contributed by atoms with E-state index in [1.165, 1.54) is 18.2 Å². The summed E-state index contributed by atoms with van der Waals surface area (Å²) in [5.41, 5.74) is 0.348. The fourth-order valence-corrected chi connectivity index (χ4v) is 3.90. The first kappa shape index (κ1) is 19.6. The van der Waals surface area contributed by atoms with Gasteiger partial charge in [0, 0.05) is 24.2 Å². The third-order valence-electron chi connectivity index (χ3n) is 3.64. The van der Waals surface area contributed by atoms with Crippen LogP contribution in [0.5, 0.6) is 5.75 Å². The van der Waals surface area contributed by atoms with Gasteiger partial charge in [0.25, 0.3) is 10.0 Å². The number of anilines is 2. The van der Waals surface area contributed by atoms with Crippen molar-refractivity contribution in [3.05, 3.63) is 46.2 Å². The molecule has 9 heteroatoms. The molecule has 0 saturated carbocycles. The van der Waals surface area contributed by atoms with Crippen molar-refractivity contribution >= 4 is 44.6 Å². The number of benzene rings is 2. The summed E-state index contributed by atoms with van der Waals surface area (Å²) < 4.78 is 41.4. The lowest BCUT2D eigenvalue weighted by molar-refractivity contribution is 0.459. The Labute approximate surface area is 156 Å². The predicted molar refractivity (Wildman–Crippen MR) is 98.9 cm³/mol. The Bertz CT molecular complexity index is 904. The van der Waals surface area contributed by atoms with Crippen LogP contribution in [0, 0.1) is 5.82 Å². The first-order valence-corrected chi connectivity index (χ1v) is 9.50. The molecule has 0 aliphatic carbocycles. The number of phenols is 1. The maximum absolute atomic E-state index is 14.3. The predicted octanol–water partition coefficient (Wildman–Crippen LogP) is 4.48. The summed E-state index contributed by atoms with van der Waals surface area (Å²) in [7, 11) is -2.47. The Morgan fingerprint density at radius 2 is 1.84 bits per heavy atom. The zero-order valence-corrected chi connectivity index (χ0v) is 16.0. The number of hydrogen-bond donors (Lipinski definition) is 2. The van der Waals surface area contributed by atoms with Crippen LogP contribution in [-0.4, -0.2) is 26.6 Å². The molecule has 25 heavy (non-hydrogen) atoms. The Hall–Kier alpha value is -1.70. The van der Waals surface area contributed by atoms with Crippen molar-refractivity contribution in [3.63, 3.8) is 0 Å². The normalized spacial score (nSPS) is 11.6. The van der Waals surface area contributed by atoms with E-state index in [1.54, 1.807) is 11.9 Å². The van der Waals surface area contributed by atoms with Crippen LogP contribution >= 0.6 is 23.2 Å². The molecule has 0 heterocycles. The minimum Gasteiger partial charge on any atom is -0.505 e. The van der Waals surface area contributed by atoms with E-state index in [0.717, 1.165) is 12.1 Å². The molecule has 0 aliphatic rings. The number of nitrogens with one attached hydrogen (secondary N) is 1. The highest BCUT2D eigenvalue weighted by Gasteiger charge is 2.22. The van der Waals surface area contributed by atoms with Gasteiger partial charge in [0.05, 0.1) is 16.4 Å². The molecule has 0 fully saturated rings. The molecule has 2 rings (SSSR count). The van der Waals surface area contributed by atoms with Gasteiger partial charge in [-0.3, -0.25) is 4.72 Å². The topological polar surface area (TPSA) is 69.6 Å². The number of hydrogen-bond acceptors (Lipinski definition) is 4. The molecule has 0 aromatic heterocycles. The average Bonchev–Trinajstić information content (AvgIpc) is 2.49. The summed E-state index contributed by atoms with van der Waals surface area (Å²) in [6.45, 7) is 3.81. The molecule has 2 aromatic carbocycles. The van der Waals surface area contributed by atoms with Gasteiger partial charge >= 0.3 is 0 Å². The van der Waals surface area contributed by atoms with E-state index in [0.29, 0.717) is 5.69 Å². The van der Waals surface area contributed by atoms with Gasteiger partial charge in [-0.2, -0.15) is 0 Å². The Morgan fingerprint density at radius 1 is 1.20 bits per heavy atom. The van der Waals surface area contributed by atoms with Gasteiger partial charge in [0.2, 0.25) is 0 Å². The largest absolute Gasteiger partial charge is 0.505 e. The molecule has 0 atom stereocenters. The molecule has 0 unspecified atom stereocenters. The molecule has 0 aliphatic heterocycles. The number of rotatable bonds is 5. The minimum absolute atomic E-state index is 0.00824. The molecular weight excluding hydrogens is 390 g/mol. The number of sulfonamides is 1. The molecule has 0 radical (unpaired) electrons. The fraction of sp³-hybridized carbons (Fsp3) is 0.250. The van der Waals surface area contributed by atoms with Crippen LogP contribution in [0.4, 0.5) is 15.8 Å². The monoisotopic (exact) mass is 406 g/mol. The van der Waals surface area contributed by atoms with Crippen molar-refractivity contribution in [2.45, 2.75) is 24.8 Å². The second kappa shape index (κ2) is 7.27. The van der Waals surface area contributed by atoms with Gasteiger partial charge in [-0.1, -0.05) is 23.2 Å². The van der Waals surface area contributed by atoms with Gasteiger partial charge in [-0.15, -0.1) is 0 Å². The quantitative estimate of drug-likeness (QED) is 0.767. The molecular formula is C16H17Cl2FN2O3S. The molecule has 0 spiro atoms. The number of nitrogens with zero attached hydrogens (tertiary/aromatic N) is 1. The number of phenolic OH excluding ortho intramolecular Hbond substituents is 1. The standard InChI is InChI=1S/C16H17Cl2FN2O3S/c1-9(2)21(3)14-5-4-11(8-13(14)19)20-25(23,24)15-7-10(17)6-12(18)16(15)22/h4-9,20,22H,1-3H3. The highest BCUT2D eigenvalue weighted by atomic mass is 35.5. The van der Waals surface area contributed by atoms with Crippen LogP contribution in [0.2, 0.25) is 10.0 Å². The summed E-state index contributed by atoms with van der Waals surface area (Å²) in [5.74, 6) is -1.21. The van der Waals surface area contributed by atoms with E-state index in [2.05, 4.69) is 4.72 Å². The van der Waals surface area contributed by atoms with Crippen molar-refractivity contribution in [2.75, 3.05) is 16.7 Å². The smallest absolute Gasteiger partial charge is 0.265 e.